The van der Waals surface area contributed by atoms with Gasteiger partial charge in [-0.25, -0.2) is 4.98 Å². The summed E-state index contributed by atoms with van der Waals surface area (Å²) in [6.07, 6.45) is 1.62. The summed E-state index contributed by atoms with van der Waals surface area (Å²) in [7, 11) is 0. The summed E-state index contributed by atoms with van der Waals surface area (Å²) >= 11 is 0. The predicted octanol–water partition coefficient (Wildman–Crippen LogP) is -0.925. The van der Waals surface area contributed by atoms with Gasteiger partial charge in [0, 0.05) is 12.7 Å². The zero-order valence-corrected chi connectivity index (χ0v) is 6.88. The van der Waals surface area contributed by atoms with Crippen molar-refractivity contribution in [3.63, 3.8) is 0 Å². The summed E-state index contributed by atoms with van der Waals surface area (Å²) < 4.78 is 1.53. The van der Waals surface area contributed by atoms with Gasteiger partial charge in [0.25, 0.3) is 5.78 Å². The number of aromatic nitrogens is 4. The molecule has 2 aromatic rings. The lowest BCUT2D eigenvalue weighted by Gasteiger charge is -1.97. The molecule has 0 saturated heterocycles. The van der Waals surface area contributed by atoms with Crippen molar-refractivity contribution in [1.82, 2.24) is 19.6 Å². The largest absolute Gasteiger partial charge is 0.388 e. The van der Waals surface area contributed by atoms with Crippen molar-refractivity contribution in [2.45, 2.75) is 13.2 Å². The molecule has 6 nitrogen and oxygen atoms in total. The highest BCUT2D eigenvalue weighted by molar-refractivity contribution is 5.28. The molecule has 0 saturated carbocycles. The van der Waals surface area contributed by atoms with Crippen LogP contribution in [0.5, 0.6) is 0 Å². The van der Waals surface area contributed by atoms with Gasteiger partial charge in [-0.3, -0.25) is 0 Å². The maximum absolute atomic E-state index is 8.80. The lowest BCUT2D eigenvalue weighted by atomic mass is 10.4. The molecule has 0 unspecified atom stereocenters. The van der Waals surface area contributed by atoms with Crippen LogP contribution in [0.15, 0.2) is 12.3 Å². The molecule has 0 aliphatic rings. The SMILES string of the molecule is NCc1ccnc2nc(CO)nn12. The second-order valence-electron chi connectivity index (χ2n) is 2.54. The Balaban J connectivity index is 2.67. The molecule has 0 spiro atoms. The number of nitrogens with two attached hydrogens (primary N) is 1. The first-order chi connectivity index (χ1) is 6.35. The van der Waals surface area contributed by atoms with Gasteiger partial charge in [-0.2, -0.15) is 9.50 Å². The Labute approximate surface area is 74.0 Å². The molecule has 6 heteroatoms. The molecule has 2 aromatic heterocycles. The number of aliphatic hydroxyl groups is 1. The fourth-order valence-corrected chi connectivity index (χ4v) is 1.10. The van der Waals surface area contributed by atoms with E-state index in [4.69, 9.17) is 10.8 Å². The smallest absolute Gasteiger partial charge is 0.252 e. The van der Waals surface area contributed by atoms with Gasteiger partial charge in [0.15, 0.2) is 5.82 Å². The van der Waals surface area contributed by atoms with Crippen molar-refractivity contribution in [2.24, 2.45) is 5.73 Å². The van der Waals surface area contributed by atoms with Gasteiger partial charge in [-0.15, -0.1) is 5.10 Å². The topological polar surface area (TPSA) is 89.3 Å². The maximum atomic E-state index is 8.80. The van der Waals surface area contributed by atoms with E-state index < -0.39 is 0 Å². The van der Waals surface area contributed by atoms with E-state index in [9.17, 15) is 0 Å². The summed E-state index contributed by atoms with van der Waals surface area (Å²) in [6.45, 7) is 0.181. The summed E-state index contributed by atoms with van der Waals surface area (Å²) in [6, 6.07) is 1.77. The number of aliphatic hydroxyl groups excluding tert-OH is 1. The number of hydrogen-bond acceptors (Lipinski definition) is 5. The van der Waals surface area contributed by atoms with Gasteiger partial charge in [-0.1, -0.05) is 0 Å². The third kappa shape index (κ3) is 1.25. The number of hydrogen-bond donors (Lipinski definition) is 2. The Morgan fingerprint density at radius 3 is 3.08 bits per heavy atom. The highest BCUT2D eigenvalue weighted by Gasteiger charge is 2.05. The van der Waals surface area contributed by atoms with E-state index in [0.717, 1.165) is 5.69 Å². The molecule has 0 aliphatic carbocycles. The molecule has 3 N–H and O–H groups in total. The predicted molar refractivity (Wildman–Crippen MR) is 44.6 cm³/mol. The Morgan fingerprint density at radius 1 is 1.54 bits per heavy atom. The van der Waals surface area contributed by atoms with Crippen molar-refractivity contribution >= 4 is 5.78 Å². The van der Waals surface area contributed by atoms with Crippen molar-refractivity contribution in [1.29, 1.82) is 0 Å². The van der Waals surface area contributed by atoms with Crippen LogP contribution in [0.1, 0.15) is 11.5 Å². The first-order valence-electron chi connectivity index (χ1n) is 3.85. The molecule has 68 valence electrons. The summed E-state index contributed by atoms with van der Waals surface area (Å²) in [5.74, 6) is 0.820. The van der Waals surface area contributed by atoms with Crippen molar-refractivity contribution in [3.8, 4) is 0 Å². The van der Waals surface area contributed by atoms with Crippen LogP contribution in [-0.2, 0) is 13.2 Å². The molecule has 0 atom stereocenters. The minimum atomic E-state index is -0.187. The van der Waals surface area contributed by atoms with Crippen LogP contribution in [-0.4, -0.2) is 24.7 Å². The summed E-state index contributed by atoms with van der Waals surface area (Å²) in [4.78, 5) is 7.96. The van der Waals surface area contributed by atoms with Gasteiger partial charge < -0.3 is 10.8 Å². The number of rotatable bonds is 2. The highest BCUT2D eigenvalue weighted by atomic mass is 16.3. The van der Waals surface area contributed by atoms with E-state index in [0.29, 0.717) is 18.1 Å². The second kappa shape index (κ2) is 3.08. The molecule has 0 aliphatic heterocycles. The van der Waals surface area contributed by atoms with Gasteiger partial charge in [0.1, 0.15) is 6.61 Å². The average Bonchev–Trinajstić information content (AvgIpc) is 2.59. The molecule has 0 fully saturated rings. The molecular formula is C7H9N5O. The Bertz CT molecular complexity index is 424. The van der Waals surface area contributed by atoms with Crippen LogP contribution in [0.25, 0.3) is 5.78 Å². The number of fused-ring (bicyclic) bond motifs is 1. The van der Waals surface area contributed by atoms with E-state index in [1.54, 1.807) is 12.3 Å². The second-order valence-corrected chi connectivity index (χ2v) is 2.54. The van der Waals surface area contributed by atoms with Crippen molar-refractivity contribution in [2.75, 3.05) is 0 Å². The van der Waals surface area contributed by atoms with E-state index in [-0.39, 0.29) is 6.61 Å². The van der Waals surface area contributed by atoms with E-state index in [1.165, 1.54) is 4.52 Å². The third-order valence-corrected chi connectivity index (χ3v) is 1.71. The van der Waals surface area contributed by atoms with Crippen LogP contribution < -0.4 is 5.73 Å². The zero-order valence-electron chi connectivity index (χ0n) is 6.88. The summed E-state index contributed by atoms with van der Waals surface area (Å²) in [5.41, 5.74) is 6.30. The van der Waals surface area contributed by atoms with Crippen molar-refractivity contribution in [3.05, 3.63) is 23.8 Å². The van der Waals surface area contributed by atoms with Gasteiger partial charge in [0.05, 0.1) is 5.69 Å². The average molecular weight is 179 g/mol. The molecule has 0 radical (unpaired) electrons. The molecule has 2 heterocycles. The first-order valence-corrected chi connectivity index (χ1v) is 3.85. The zero-order chi connectivity index (χ0) is 9.26. The maximum Gasteiger partial charge on any atom is 0.252 e. The van der Waals surface area contributed by atoms with E-state index in [1.807, 2.05) is 0 Å². The lowest BCUT2D eigenvalue weighted by Crippen LogP contribution is -2.05. The van der Waals surface area contributed by atoms with Crippen LogP contribution in [0.3, 0.4) is 0 Å². The first kappa shape index (κ1) is 8.09. The van der Waals surface area contributed by atoms with Crippen LogP contribution in [0.2, 0.25) is 0 Å². The molecule has 0 bridgehead atoms. The van der Waals surface area contributed by atoms with Gasteiger partial charge in [0.2, 0.25) is 0 Å². The Kier molecular flexibility index (Phi) is 1.91. The van der Waals surface area contributed by atoms with Crippen LogP contribution >= 0.6 is 0 Å². The van der Waals surface area contributed by atoms with E-state index in [2.05, 4.69) is 15.1 Å². The highest BCUT2D eigenvalue weighted by Crippen LogP contribution is 2.01. The quantitative estimate of drug-likeness (QED) is 0.622. The van der Waals surface area contributed by atoms with Crippen molar-refractivity contribution < 1.29 is 5.11 Å². The number of nitrogens with zero attached hydrogens (tertiary/aromatic N) is 4. The fraction of sp³-hybridized carbons (Fsp3) is 0.286. The normalized spacial score (nSPS) is 10.9. The monoisotopic (exact) mass is 179 g/mol. The molecular weight excluding hydrogens is 170 g/mol. The lowest BCUT2D eigenvalue weighted by molar-refractivity contribution is 0.271. The molecule has 13 heavy (non-hydrogen) atoms. The minimum Gasteiger partial charge on any atom is -0.388 e. The molecule has 0 aromatic carbocycles. The molecule has 2 rings (SSSR count). The fourth-order valence-electron chi connectivity index (χ4n) is 1.10. The standard InChI is InChI=1S/C7H9N5O/c8-3-5-1-2-9-7-10-6(4-13)11-12(5)7/h1-2,13H,3-4,8H2. The summed E-state index contributed by atoms with van der Waals surface area (Å²) in [5, 5.41) is 12.8. The minimum absolute atomic E-state index is 0.187. The Morgan fingerprint density at radius 2 is 2.38 bits per heavy atom. The van der Waals surface area contributed by atoms with Crippen LogP contribution in [0.4, 0.5) is 0 Å². The molecule has 0 amide bonds. The van der Waals surface area contributed by atoms with Crippen LogP contribution in [0, 0.1) is 0 Å². The van der Waals surface area contributed by atoms with Gasteiger partial charge >= 0.3 is 0 Å². The third-order valence-electron chi connectivity index (χ3n) is 1.71. The van der Waals surface area contributed by atoms with Gasteiger partial charge in [-0.05, 0) is 6.07 Å². The van der Waals surface area contributed by atoms with E-state index >= 15 is 0 Å². The Hall–Kier alpha value is -1.53.